The number of nitrogens with zero attached hydrogens (tertiary/aromatic N) is 5. The van der Waals surface area contributed by atoms with Gasteiger partial charge in [-0.2, -0.15) is 0 Å². The third-order valence-corrected chi connectivity index (χ3v) is 7.19. The molecule has 4 heterocycles. The van der Waals surface area contributed by atoms with Gasteiger partial charge >= 0.3 is 0 Å². The van der Waals surface area contributed by atoms with Gasteiger partial charge in [-0.05, 0) is 49.4 Å². The summed E-state index contributed by atoms with van der Waals surface area (Å²) in [5, 5.41) is 9.88. The number of aliphatic hydroxyl groups is 1. The summed E-state index contributed by atoms with van der Waals surface area (Å²) in [5.41, 5.74) is 6.51. The molecule has 160 valence electrons. The van der Waals surface area contributed by atoms with Crippen molar-refractivity contribution < 1.29 is 5.11 Å². The van der Waals surface area contributed by atoms with E-state index in [4.69, 9.17) is 9.97 Å². The van der Waals surface area contributed by atoms with Gasteiger partial charge in [0.2, 0.25) is 0 Å². The molecule has 0 bridgehead atoms. The zero-order valence-electron chi connectivity index (χ0n) is 17.9. The average Bonchev–Trinajstić information content (AvgIpc) is 3.46. The van der Waals surface area contributed by atoms with Crippen LogP contribution in [0.1, 0.15) is 56.6 Å². The Labute approximate surface area is 182 Å². The van der Waals surface area contributed by atoms with E-state index >= 15 is 0 Å². The van der Waals surface area contributed by atoms with Crippen molar-refractivity contribution in [1.82, 2.24) is 14.5 Å². The lowest BCUT2D eigenvalue weighted by molar-refractivity contribution is 0.145. The Kier molecular flexibility index (Phi) is 4.75. The predicted octanol–water partition coefficient (Wildman–Crippen LogP) is 4.82. The molecule has 6 nitrogen and oxygen atoms in total. The van der Waals surface area contributed by atoms with Crippen LogP contribution in [0.2, 0.25) is 0 Å². The van der Waals surface area contributed by atoms with Gasteiger partial charge in [-0.3, -0.25) is 4.99 Å². The molecule has 1 aliphatic carbocycles. The molecule has 2 aromatic heterocycles. The molecule has 0 radical (unpaired) electrons. The zero-order valence-corrected chi connectivity index (χ0v) is 17.9. The maximum atomic E-state index is 9.88. The van der Waals surface area contributed by atoms with Crippen LogP contribution in [-0.4, -0.2) is 45.0 Å². The van der Waals surface area contributed by atoms with Crippen molar-refractivity contribution in [3.63, 3.8) is 0 Å². The van der Waals surface area contributed by atoms with E-state index in [9.17, 15) is 5.11 Å². The summed E-state index contributed by atoms with van der Waals surface area (Å²) in [6.45, 7) is 1.69. The standard InChI is InChI=1S/C25H29N5O/c31-20-9-12-29(13-10-20)23-15-18-8-11-26-24(18)25(28-23)17-6-7-22-21(14-17)27-16-30(22)19-4-2-1-3-5-19/h6-7,11,14-16,19-20,31H,1-5,8-10,12-13H2. The molecule has 0 atom stereocenters. The van der Waals surface area contributed by atoms with Gasteiger partial charge < -0.3 is 14.6 Å². The van der Waals surface area contributed by atoms with Gasteiger partial charge in [-0.15, -0.1) is 0 Å². The first kappa shape index (κ1) is 19.0. The normalized spacial score (nSPS) is 20.0. The monoisotopic (exact) mass is 415 g/mol. The molecule has 1 saturated carbocycles. The highest BCUT2D eigenvalue weighted by molar-refractivity contribution is 5.89. The first-order valence-corrected chi connectivity index (χ1v) is 11.7. The molecule has 3 aromatic rings. The topological polar surface area (TPSA) is 66.5 Å². The number of fused-ring (bicyclic) bond motifs is 2. The number of benzene rings is 1. The fraction of sp³-hybridized carbons (Fsp3) is 0.480. The summed E-state index contributed by atoms with van der Waals surface area (Å²) in [7, 11) is 0. The Balaban J connectivity index is 1.38. The zero-order chi connectivity index (χ0) is 20.8. The van der Waals surface area contributed by atoms with E-state index in [0.29, 0.717) is 6.04 Å². The molecular weight excluding hydrogens is 386 g/mol. The Bertz CT molecular complexity index is 1140. The van der Waals surface area contributed by atoms with Gasteiger partial charge in [-0.1, -0.05) is 25.3 Å². The van der Waals surface area contributed by atoms with E-state index in [-0.39, 0.29) is 6.10 Å². The van der Waals surface area contributed by atoms with E-state index in [1.807, 2.05) is 12.5 Å². The molecule has 1 saturated heterocycles. The van der Waals surface area contributed by atoms with Crippen LogP contribution in [0.5, 0.6) is 0 Å². The molecule has 6 rings (SSSR count). The summed E-state index contributed by atoms with van der Waals surface area (Å²) in [6.07, 6.45) is 12.8. The van der Waals surface area contributed by atoms with Gasteiger partial charge in [-0.25, -0.2) is 9.97 Å². The Hall–Kier alpha value is -2.73. The Morgan fingerprint density at radius 3 is 2.65 bits per heavy atom. The van der Waals surface area contributed by atoms with Gasteiger partial charge in [0.25, 0.3) is 0 Å². The number of aliphatic imine (C=N–C) groups is 1. The van der Waals surface area contributed by atoms with E-state index in [1.165, 1.54) is 43.2 Å². The van der Waals surface area contributed by atoms with Crippen LogP contribution in [0.25, 0.3) is 22.3 Å². The quantitative estimate of drug-likeness (QED) is 0.666. The number of hydrogen-bond acceptors (Lipinski definition) is 5. The number of pyridine rings is 1. The first-order chi connectivity index (χ1) is 15.3. The van der Waals surface area contributed by atoms with Crippen LogP contribution in [-0.2, 0) is 6.42 Å². The molecule has 0 spiro atoms. The molecule has 0 unspecified atom stereocenters. The van der Waals surface area contributed by atoms with Crippen LogP contribution >= 0.6 is 0 Å². The predicted molar refractivity (Wildman–Crippen MR) is 124 cm³/mol. The van der Waals surface area contributed by atoms with Crippen molar-refractivity contribution in [2.45, 2.75) is 63.5 Å². The molecule has 2 fully saturated rings. The third kappa shape index (κ3) is 3.43. The Morgan fingerprint density at radius 1 is 0.968 bits per heavy atom. The minimum Gasteiger partial charge on any atom is -0.393 e. The van der Waals surface area contributed by atoms with Crippen LogP contribution in [0, 0.1) is 0 Å². The summed E-state index contributed by atoms with van der Waals surface area (Å²) >= 11 is 0. The highest BCUT2D eigenvalue weighted by Gasteiger charge is 2.23. The second-order valence-electron chi connectivity index (χ2n) is 9.22. The summed E-state index contributed by atoms with van der Waals surface area (Å²) in [5.74, 6) is 0.999. The van der Waals surface area contributed by atoms with Crippen molar-refractivity contribution >= 4 is 28.8 Å². The van der Waals surface area contributed by atoms with Crippen LogP contribution < -0.4 is 4.90 Å². The van der Waals surface area contributed by atoms with Gasteiger partial charge in [0.15, 0.2) is 0 Å². The van der Waals surface area contributed by atoms with Crippen molar-refractivity contribution in [2.75, 3.05) is 18.0 Å². The number of aromatic nitrogens is 3. The average molecular weight is 416 g/mol. The Morgan fingerprint density at radius 2 is 1.81 bits per heavy atom. The van der Waals surface area contributed by atoms with E-state index < -0.39 is 0 Å². The highest BCUT2D eigenvalue weighted by Crippen LogP contribution is 2.39. The van der Waals surface area contributed by atoms with Gasteiger partial charge in [0.05, 0.1) is 34.8 Å². The number of imidazole rings is 1. The fourth-order valence-electron chi connectivity index (χ4n) is 5.40. The largest absolute Gasteiger partial charge is 0.393 e. The number of hydrogen-bond donors (Lipinski definition) is 1. The minimum absolute atomic E-state index is 0.185. The summed E-state index contributed by atoms with van der Waals surface area (Å²) < 4.78 is 2.38. The lowest BCUT2D eigenvalue weighted by Gasteiger charge is -2.31. The number of aliphatic hydroxyl groups excluding tert-OH is 1. The van der Waals surface area contributed by atoms with Gasteiger partial charge in [0.1, 0.15) is 5.82 Å². The first-order valence-electron chi connectivity index (χ1n) is 11.7. The van der Waals surface area contributed by atoms with Crippen molar-refractivity contribution in [3.8, 4) is 11.3 Å². The van der Waals surface area contributed by atoms with E-state index in [1.54, 1.807) is 0 Å². The van der Waals surface area contributed by atoms with Gasteiger partial charge in [0, 0.05) is 37.3 Å². The number of anilines is 1. The lowest BCUT2D eigenvalue weighted by Crippen LogP contribution is -2.36. The van der Waals surface area contributed by atoms with Crippen molar-refractivity contribution in [2.24, 2.45) is 4.99 Å². The highest BCUT2D eigenvalue weighted by atomic mass is 16.3. The molecule has 6 heteroatoms. The summed E-state index contributed by atoms with van der Waals surface area (Å²) in [6, 6.07) is 9.33. The molecule has 1 aromatic carbocycles. The fourth-order valence-corrected chi connectivity index (χ4v) is 5.40. The second kappa shape index (κ2) is 7.75. The van der Waals surface area contributed by atoms with Crippen LogP contribution in [0.4, 0.5) is 11.5 Å². The second-order valence-corrected chi connectivity index (χ2v) is 9.22. The minimum atomic E-state index is -0.185. The molecule has 31 heavy (non-hydrogen) atoms. The van der Waals surface area contributed by atoms with Crippen LogP contribution in [0.15, 0.2) is 35.6 Å². The van der Waals surface area contributed by atoms with Crippen molar-refractivity contribution in [1.29, 1.82) is 0 Å². The lowest BCUT2D eigenvalue weighted by atomic mass is 9.95. The smallest absolute Gasteiger partial charge is 0.129 e. The molecular formula is C25H29N5O. The van der Waals surface area contributed by atoms with E-state index in [0.717, 1.165) is 60.6 Å². The molecule has 2 aliphatic heterocycles. The van der Waals surface area contributed by atoms with E-state index in [2.05, 4.69) is 38.7 Å². The SMILES string of the molecule is OC1CCN(c2cc3c(c(-c4ccc5c(c4)ncn5C4CCCCC4)n2)N=CC3)CC1. The molecule has 0 amide bonds. The molecule has 3 aliphatic rings. The number of rotatable bonds is 3. The van der Waals surface area contributed by atoms with Crippen molar-refractivity contribution in [3.05, 3.63) is 36.2 Å². The summed E-state index contributed by atoms with van der Waals surface area (Å²) in [4.78, 5) is 16.8. The third-order valence-electron chi connectivity index (χ3n) is 7.19. The van der Waals surface area contributed by atoms with Crippen LogP contribution in [0.3, 0.4) is 0 Å². The molecule has 1 N–H and O–H groups in total. The maximum Gasteiger partial charge on any atom is 0.129 e. The number of piperidine rings is 1. The maximum absolute atomic E-state index is 9.88.